The molecule has 11 nitrogen and oxygen atoms in total. The Morgan fingerprint density at radius 1 is 1.09 bits per heavy atom. The van der Waals surface area contributed by atoms with Gasteiger partial charge in [-0.2, -0.15) is 4.39 Å². The molecule has 0 unspecified atom stereocenters. The van der Waals surface area contributed by atoms with Crippen molar-refractivity contribution in [1.29, 1.82) is 0 Å². The predicted octanol–water partition coefficient (Wildman–Crippen LogP) is 3.23. The van der Waals surface area contributed by atoms with Crippen LogP contribution in [0.5, 0.6) is 5.75 Å². The van der Waals surface area contributed by atoms with Crippen LogP contribution in [0.3, 0.4) is 0 Å². The third kappa shape index (κ3) is 5.40. The molecule has 2 amide bonds. The van der Waals surface area contributed by atoms with Gasteiger partial charge in [-0.05, 0) is 30.7 Å². The first-order valence-electron chi connectivity index (χ1n) is 13.8. The first-order valence-corrected chi connectivity index (χ1v) is 14.1. The van der Waals surface area contributed by atoms with Gasteiger partial charge in [-0.3, -0.25) is 14.0 Å². The number of amides is 2. The van der Waals surface area contributed by atoms with E-state index in [-0.39, 0.29) is 76.8 Å². The van der Waals surface area contributed by atoms with E-state index in [1.165, 1.54) is 53.2 Å². The monoisotopic (exact) mass is 629 g/mol. The number of hydrogen-bond acceptors (Lipinski definition) is 8. The van der Waals surface area contributed by atoms with E-state index in [9.17, 15) is 23.5 Å². The van der Waals surface area contributed by atoms with E-state index in [1.807, 2.05) is 0 Å². The summed E-state index contributed by atoms with van der Waals surface area (Å²) in [5.41, 5.74) is 0.309. The van der Waals surface area contributed by atoms with Gasteiger partial charge in [-0.1, -0.05) is 11.6 Å². The quantitative estimate of drug-likeness (QED) is 0.297. The topological polar surface area (TPSA) is 124 Å². The Hall–Kier alpha value is -4.40. The number of rotatable bonds is 6. The number of piperazine rings is 1. The maximum Gasteiger partial charge on any atom is 0.258 e. The number of ether oxygens (including phenoxy) is 1. The summed E-state index contributed by atoms with van der Waals surface area (Å²) in [6, 6.07) is 4.70. The highest BCUT2D eigenvalue weighted by molar-refractivity contribution is 6.34. The molecule has 0 spiro atoms. The fraction of sp³-hybridized carbons (Fsp3) is 0.310. The fourth-order valence-electron chi connectivity index (χ4n) is 5.49. The summed E-state index contributed by atoms with van der Waals surface area (Å²) in [5.74, 6) is -3.90. The molecule has 2 saturated heterocycles. The van der Waals surface area contributed by atoms with Gasteiger partial charge in [0.05, 0.1) is 41.7 Å². The zero-order valence-corrected chi connectivity index (χ0v) is 24.1. The minimum absolute atomic E-state index is 0.0518. The Morgan fingerprint density at radius 2 is 1.84 bits per heavy atom. The number of imidazole rings is 1. The molecule has 6 rings (SSSR count). The van der Waals surface area contributed by atoms with Crippen molar-refractivity contribution in [2.45, 2.75) is 18.6 Å². The van der Waals surface area contributed by atoms with E-state index in [0.29, 0.717) is 13.0 Å². The second-order valence-electron chi connectivity index (χ2n) is 10.5. The Labute approximate surface area is 254 Å². The summed E-state index contributed by atoms with van der Waals surface area (Å²) in [6.45, 7) is 1.29. The lowest BCUT2D eigenvalue weighted by Crippen LogP contribution is -2.54. The van der Waals surface area contributed by atoms with Gasteiger partial charge >= 0.3 is 0 Å². The van der Waals surface area contributed by atoms with Gasteiger partial charge in [0.2, 0.25) is 11.7 Å². The van der Waals surface area contributed by atoms with Crippen molar-refractivity contribution in [2.24, 2.45) is 0 Å². The zero-order chi connectivity index (χ0) is 31.1. The van der Waals surface area contributed by atoms with Crippen molar-refractivity contribution >= 4 is 40.6 Å². The number of carbonyl (C=O) groups excluding carboxylic acids is 2. The van der Waals surface area contributed by atoms with Crippen LogP contribution in [0.15, 0.2) is 42.9 Å². The summed E-state index contributed by atoms with van der Waals surface area (Å²) < 4.78 is 50.8. The van der Waals surface area contributed by atoms with Gasteiger partial charge < -0.3 is 30.3 Å². The van der Waals surface area contributed by atoms with Crippen molar-refractivity contribution in [3.63, 3.8) is 0 Å². The number of anilines is 2. The molecule has 230 valence electrons. The molecule has 44 heavy (non-hydrogen) atoms. The van der Waals surface area contributed by atoms with Crippen molar-refractivity contribution in [2.75, 3.05) is 45.2 Å². The van der Waals surface area contributed by atoms with Gasteiger partial charge in [-0.25, -0.2) is 18.7 Å². The smallest absolute Gasteiger partial charge is 0.258 e. The number of aliphatic hydroxyl groups excluding tert-OH is 1. The third-order valence-electron chi connectivity index (χ3n) is 7.77. The van der Waals surface area contributed by atoms with Crippen LogP contribution < -0.4 is 15.4 Å². The van der Waals surface area contributed by atoms with Crippen LogP contribution in [0.25, 0.3) is 16.9 Å². The normalized spacial score (nSPS) is 18.6. The SMILES string of the molecule is COc1ccc(-c2cnc3c(Nc4cc(F)c(C(=O)N5CCN(C(=O)[C@@H]6C[C@@H](O)CN6)CC5)c(Cl)c4)nccn23)c(F)c1F. The molecule has 2 aromatic heterocycles. The molecular formula is C29H27ClF3N7O4. The number of halogens is 4. The van der Waals surface area contributed by atoms with Gasteiger partial charge in [-0.15, -0.1) is 0 Å². The number of fused-ring (bicyclic) bond motifs is 1. The number of nitrogens with one attached hydrogen (secondary N) is 2. The van der Waals surface area contributed by atoms with E-state index in [0.717, 1.165) is 6.07 Å². The van der Waals surface area contributed by atoms with Crippen LogP contribution in [-0.4, -0.2) is 93.1 Å². The number of nitrogens with zero attached hydrogens (tertiary/aromatic N) is 5. The molecular weight excluding hydrogens is 603 g/mol. The van der Waals surface area contributed by atoms with E-state index < -0.39 is 35.5 Å². The van der Waals surface area contributed by atoms with Crippen LogP contribution in [0, 0.1) is 17.5 Å². The number of benzene rings is 2. The van der Waals surface area contributed by atoms with Crippen molar-refractivity contribution in [1.82, 2.24) is 29.5 Å². The number of aliphatic hydroxyl groups is 1. The number of aromatic nitrogens is 3. The maximum absolute atomic E-state index is 15.4. The Morgan fingerprint density at radius 3 is 2.52 bits per heavy atom. The lowest BCUT2D eigenvalue weighted by molar-refractivity contribution is -0.134. The van der Waals surface area contributed by atoms with Crippen molar-refractivity contribution in [3.8, 4) is 17.0 Å². The number of hydrogen-bond donors (Lipinski definition) is 3. The van der Waals surface area contributed by atoms with E-state index in [1.54, 1.807) is 4.90 Å². The highest BCUT2D eigenvalue weighted by Gasteiger charge is 2.34. The molecule has 2 aliphatic heterocycles. The van der Waals surface area contributed by atoms with Crippen LogP contribution in [0.1, 0.15) is 16.8 Å². The third-order valence-corrected chi connectivity index (χ3v) is 8.07. The first kappa shape index (κ1) is 29.7. The lowest BCUT2D eigenvalue weighted by atomic mass is 10.1. The molecule has 2 atom stereocenters. The zero-order valence-electron chi connectivity index (χ0n) is 23.4. The lowest BCUT2D eigenvalue weighted by Gasteiger charge is -2.36. The molecule has 4 aromatic rings. The molecule has 15 heteroatoms. The van der Waals surface area contributed by atoms with Crippen LogP contribution in [0.2, 0.25) is 5.02 Å². The fourth-order valence-corrected chi connectivity index (χ4v) is 5.78. The van der Waals surface area contributed by atoms with Crippen LogP contribution in [0.4, 0.5) is 24.7 Å². The summed E-state index contributed by atoms with van der Waals surface area (Å²) >= 11 is 6.40. The first-order chi connectivity index (χ1) is 21.2. The van der Waals surface area contributed by atoms with Crippen molar-refractivity contribution < 1.29 is 32.6 Å². The molecule has 0 aliphatic carbocycles. The molecule has 3 N–H and O–H groups in total. The summed E-state index contributed by atoms with van der Waals surface area (Å²) in [4.78, 5) is 37.5. The Kier molecular flexibility index (Phi) is 8.05. The number of β-amino-alcohol motifs (C(OH)–C–C–N with tert-alkyl or cyclic N) is 1. The Bertz CT molecular complexity index is 1740. The summed E-state index contributed by atoms with van der Waals surface area (Å²) in [6.07, 6.45) is 4.05. The van der Waals surface area contributed by atoms with Gasteiger partial charge in [0, 0.05) is 56.4 Å². The standard InChI is InChI=1S/C29H27ClF3N7O4/c1-44-22-3-2-17(24(32)25(22)33)21-14-36-27-26(34-4-5-40(21)27)37-15-10-18(30)23(19(31)11-15)29(43)39-8-6-38(7-9-39)28(42)20-12-16(41)13-35-20/h2-5,10-11,14,16,20,35,41H,6-9,12-13H2,1H3,(H,34,37)/t16-,20+/m1/s1. The van der Waals surface area contributed by atoms with Gasteiger partial charge in [0.1, 0.15) is 5.82 Å². The van der Waals surface area contributed by atoms with Gasteiger partial charge in [0.15, 0.2) is 23.0 Å². The van der Waals surface area contributed by atoms with Crippen LogP contribution in [-0.2, 0) is 4.79 Å². The minimum atomic E-state index is -1.13. The largest absolute Gasteiger partial charge is 0.494 e. The highest BCUT2D eigenvalue weighted by atomic mass is 35.5. The second kappa shape index (κ2) is 11.9. The molecule has 2 aliphatic rings. The minimum Gasteiger partial charge on any atom is -0.494 e. The summed E-state index contributed by atoms with van der Waals surface area (Å²) in [5, 5.41) is 15.5. The molecule has 2 aromatic carbocycles. The van der Waals surface area contributed by atoms with Crippen LogP contribution >= 0.6 is 11.6 Å². The average Bonchev–Trinajstić information content (AvgIpc) is 3.65. The molecule has 2 fully saturated rings. The predicted molar refractivity (Wildman–Crippen MR) is 154 cm³/mol. The number of carbonyl (C=O) groups is 2. The second-order valence-corrected chi connectivity index (χ2v) is 10.9. The van der Waals surface area contributed by atoms with E-state index in [2.05, 4.69) is 20.6 Å². The van der Waals surface area contributed by atoms with Gasteiger partial charge in [0.25, 0.3) is 5.91 Å². The summed E-state index contributed by atoms with van der Waals surface area (Å²) in [7, 11) is 1.24. The molecule has 0 bridgehead atoms. The van der Waals surface area contributed by atoms with E-state index in [4.69, 9.17) is 16.3 Å². The molecule has 4 heterocycles. The molecule has 0 radical (unpaired) electrons. The maximum atomic E-state index is 15.4. The highest BCUT2D eigenvalue weighted by Crippen LogP contribution is 2.33. The Balaban J connectivity index is 1.18. The average molecular weight is 630 g/mol. The van der Waals surface area contributed by atoms with E-state index >= 15 is 4.39 Å². The number of methoxy groups -OCH3 is 1. The molecule has 0 saturated carbocycles. The van der Waals surface area contributed by atoms with Crippen molar-refractivity contribution in [3.05, 3.63) is 70.9 Å².